The summed E-state index contributed by atoms with van der Waals surface area (Å²) in [6, 6.07) is 27.3. The van der Waals surface area contributed by atoms with Gasteiger partial charge in [-0.3, -0.25) is 14.9 Å². The van der Waals surface area contributed by atoms with Gasteiger partial charge in [0, 0.05) is 17.3 Å². The largest absolute Gasteiger partial charge is 0.350 e. The predicted molar refractivity (Wildman–Crippen MR) is 120 cm³/mol. The first-order valence-corrected chi connectivity index (χ1v) is 9.54. The zero-order valence-electron chi connectivity index (χ0n) is 16.4. The first-order chi connectivity index (χ1) is 15.1. The molecule has 2 N–H and O–H groups in total. The van der Waals surface area contributed by atoms with E-state index < -0.39 is 10.8 Å². The van der Waals surface area contributed by atoms with Crippen molar-refractivity contribution in [3.05, 3.63) is 112 Å². The first kappa shape index (κ1) is 19.8. The van der Waals surface area contributed by atoms with Gasteiger partial charge in [-0.25, -0.2) is 5.43 Å². The van der Waals surface area contributed by atoms with Crippen LogP contribution in [0.1, 0.15) is 16.1 Å². The number of aromatic nitrogens is 1. The van der Waals surface area contributed by atoms with Crippen molar-refractivity contribution < 1.29 is 9.72 Å². The number of aromatic amines is 1. The second kappa shape index (κ2) is 8.87. The summed E-state index contributed by atoms with van der Waals surface area (Å²) in [6.45, 7) is 0. The molecule has 7 heteroatoms. The summed E-state index contributed by atoms with van der Waals surface area (Å²) in [5, 5.41) is 15.1. The molecule has 0 saturated carbocycles. The van der Waals surface area contributed by atoms with E-state index in [1.54, 1.807) is 18.2 Å². The molecule has 152 valence electrons. The molecular formula is C24H18N4O3. The fourth-order valence-electron chi connectivity index (χ4n) is 3.23. The molecule has 0 spiro atoms. The highest BCUT2D eigenvalue weighted by molar-refractivity contribution is 6.01. The number of para-hydroxylation sites is 1. The number of carbonyl (C=O) groups is 1. The highest BCUT2D eigenvalue weighted by Crippen LogP contribution is 2.29. The lowest BCUT2D eigenvalue weighted by atomic mass is 10.0. The van der Waals surface area contributed by atoms with Crippen LogP contribution in [0.4, 0.5) is 5.69 Å². The molecule has 0 radical (unpaired) electrons. The molecule has 4 aromatic rings. The van der Waals surface area contributed by atoms with Crippen molar-refractivity contribution >= 4 is 17.8 Å². The Balaban J connectivity index is 1.64. The number of carbonyl (C=O) groups excluding carboxylic acids is 1. The van der Waals surface area contributed by atoms with Crippen LogP contribution in [-0.4, -0.2) is 22.0 Å². The van der Waals surface area contributed by atoms with E-state index >= 15 is 0 Å². The van der Waals surface area contributed by atoms with Crippen LogP contribution in [0.2, 0.25) is 0 Å². The van der Waals surface area contributed by atoms with Crippen molar-refractivity contribution in [1.82, 2.24) is 10.4 Å². The van der Waals surface area contributed by atoms with E-state index in [9.17, 15) is 14.9 Å². The van der Waals surface area contributed by atoms with Gasteiger partial charge >= 0.3 is 0 Å². The SMILES string of the molecule is O=C(NN=Cc1ccccc1[N+](=O)[O-])c1[nH]c(-c2ccccc2)cc1-c1ccccc1. The second-order valence-electron chi connectivity index (χ2n) is 6.72. The molecule has 0 fully saturated rings. The maximum absolute atomic E-state index is 12.9. The Kier molecular flexibility index (Phi) is 5.66. The van der Waals surface area contributed by atoms with Crippen LogP contribution in [0, 0.1) is 10.1 Å². The van der Waals surface area contributed by atoms with E-state index in [2.05, 4.69) is 15.5 Å². The molecule has 7 nitrogen and oxygen atoms in total. The number of hydrogen-bond donors (Lipinski definition) is 2. The molecule has 1 amide bonds. The van der Waals surface area contributed by atoms with Crippen molar-refractivity contribution in [2.45, 2.75) is 0 Å². The van der Waals surface area contributed by atoms with E-state index in [-0.39, 0.29) is 5.69 Å². The molecule has 0 aliphatic heterocycles. The Morgan fingerprint density at radius 1 is 0.903 bits per heavy atom. The molecule has 0 bridgehead atoms. The summed E-state index contributed by atoms with van der Waals surface area (Å²) in [7, 11) is 0. The summed E-state index contributed by atoms with van der Waals surface area (Å²) < 4.78 is 0. The Morgan fingerprint density at radius 3 is 2.19 bits per heavy atom. The monoisotopic (exact) mass is 410 g/mol. The predicted octanol–water partition coefficient (Wildman–Crippen LogP) is 5.02. The zero-order valence-corrected chi connectivity index (χ0v) is 16.4. The highest BCUT2D eigenvalue weighted by Gasteiger charge is 2.17. The van der Waals surface area contributed by atoms with Crippen LogP contribution in [0.25, 0.3) is 22.4 Å². The number of nitro groups is 1. The average molecular weight is 410 g/mol. The zero-order chi connectivity index (χ0) is 21.6. The normalized spacial score (nSPS) is 10.8. The molecule has 1 heterocycles. The maximum atomic E-state index is 12.9. The summed E-state index contributed by atoms with van der Waals surface area (Å²) in [4.78, 5) is 26.7. The Bertz CT molecular complexity index is 1250. The third kappa shape index (κ3) is 4.40. The average Bonchev–Trinajstić information content (AvgIpc) is 3.26. The van der Waals surface area contributed by atoms with Crippen molar-refractivity contribution in [1.29, 1.82) is 0 Å². The lowest BCUT2D eigenvalue weighted by molar-refractivity contribution is -0.385. The van der Waals surface area contributed by atoms with Gasteiger partial charge in [-0.2, -0.15) is 5.10 Å². The molecular weight excluding hydrogens is 392 g/mol. The minimum Gasteiger partial charge on any atom is -0.350 e. The first-order valence-electron chi connectivity index (χ1n) is 9.54. The molecule has 4 rings (SSSR count). The van der Waals surface area contributed by atoms with E-state index in [1.165, 1.54) is 12.3 Å². The van der Waals surface area contributed by atoms with Crippen LogP contribution in [0.15, 0.2) is 96.1 Å². The molecule has 0 aliphatic rings. The van der Waals surface area contributed by atoms with Gasteiger partial charge in [0.05, 0.1) is 16.7 Å². The molecule has 0 atom stereocenters. The van der Waals surface area contributed by atoms with Gasteiger partial charge in [-0.05, 0) is 23.3 Å². The van der Waals surface area contributed by atoms with Crippen LogP contribution in [0.5, 0.6) is 0 Å². The molecule has 31 heavy (non-hydrogen) atoms. The van der Waals surface area contributed by atoms with E-state index in [4.69, 9.17) is 0 Å². The minimum atomic E-state index is -0.492. The van der Waals surface area contributed by atoms with Gasteiger partial charge in [-0.1, -0.05) is 72.8 Å². The fourth-order valence-corrected chi connectivity index (χ4v) is 3.23. The molecule has 0 saturated heterocycles. The standard InChI is InChI=1S/C24H18N4O3/c29-24(27-25-16-19-13-7-8-14-22(19)28(30)31)23-20(17-9-3-1-4-10-17)15-21(26-23)18-11-5-2-6-12-18/h1-16,26H,(H,27,29). The van der Waals surface area contributed by atoms with E-state index in [0.29, 0.717) is 11.3 Å². The summed E-state index contributed by atoms with van der Waals surface area (Å²) >= 11 is 0. The van der Waals surface area contributed by atoms with Gasteiger partial charge in [-0.15, -0.1) is 0 Å². The third-order valence-electron chi connectivity index (χ3n) is 4.72. The molecule has 0 aliphatic carbocycles. The maximum Gasteiger partial charge on any atom is 0.288 e. The summed E-state index contributed by atoms with van der Waals surface area (Å²) in [5.74, 6) is -0.448. The number of hydrogen-bond acceptors (Lipinski definition) is 4. The molecule has 3 aromatic carbocycles. The van der Waals surface area contributed by atoms with Gasteiger partial charge in [0.2, 0.25) is 0 Å². The lowest BCUT2D eigenvalue weighted by Gasteiger charge is -2.03. The lowest BCUT2D eigenvalue weighted by Crippen LogP contribution is -2.19. The summed E-state index contributed by atoms with van der Waals surface area (Å²) in [5.41, 5.74) is 6.39. The second-order valence-corrected chi connectivity index (χ2v) is 6.72. The highest BCUT2D eigenvalue weighted by atomic mass is 16.6. The third-order valence-corrected chi connectivity index (χ3v) is 4.72. The van der Waals surface area contributed by atoms with Crippen molar-refractivity contribution in [3.8, 4) is 22.4 Å². The van der Waals surface area contributed by atoms with Crippen LogP contribution >= 0.6 is 0 Å². The van der Waals surface area contributed by atoms with Gasteiger partial charge in [0.25, 0.3) is 11.6 Å². The minimum absolute atomic E-state index is 0.0864. The number of hydrazone groups is 1. The Hall–Kier alpha value is -4.52. The number of nitrogens with zero attached hydrogens (tertiary/aromatic N) is 2. The van der Waals surface area contributed by atoms with Crippen molar-refractivity contribution in [2.75, 3.05) is 0 Å². The van der Waals surface area contributed by atoms with Gasteiger partial charge < -0.3 is 4.98 Å². The Morgan fingerprint density at radius 2 is 1.52 bits per heavy atom. The van der Waals surface area contributed by atoms with Crippen molar-refractivity contribution in [2.24, 2.45) is 5.10 Å². The quantitative estimate of drug-likeness (QED) is 0.265. The number of nitro benzene ring substituents is 1. The number of amides is 1. The number of benzene rings is 3. The Labute approximate surface area is 178 Å². The van der Waals surface area contributed by atoms with Crippen LogP contribution in [0.3, 0.4) is 0 Å². The van der Waals surface area contributed by atoms with E-state index in [0.717, 1.165) is 22.4 Å². The van der Waals surface area contributed by atoms with Gasteiger partial charge in [0.1, 0.15) is 5.69 Å². The van der Waals surface area contributed by atoms with Crippen LogP contribution in [-0.2, 0) is 0 Å². The smallest absolute Gasteiger partial charge is 0.288 e. The summed E-state index contributed by atoms with van der Waals surface area (Å²) in [6.07, 6.45) is 1.26. The van der Waals surface area contributed by atoms with E-state index in [1.807, 2.05) is 66.7 Å². The number of rotatable bonds is 6. The molecule has 0 unspecified atom stereocenters. The van der Waals surface area contributed by atoms with Gasteiger partial charge in [0.15, 0.2) is 0 Å². The number of nitrogens with one attached hydrogen (secondary N) is 2. The van der Waals surface area contributed by atoms with Crippen LogP contribution < -0.4 is 5.43 Å². The molecule has 1 aromatic heterocycles. The number of H-pyrrole nitrogens is 1. The topological polar surface area (TPSA) is 100 Å². The fraction of sp³-hybridized carbons (Fsp3) is 0. The van der Waals surface area contributed by atoms with Crippen molar-refractivity contribution in [3.63, 3.8) is 0 Å².